The van der Waals surface area contributed by atoms with Crippen LogP contribution in [0.5, 0.6) is 0 Å². The summed E-state index contributed by atoms with van der Waals surface area (Å²) in [7, 11) is 0. The predicted octanol–water partition coefficient (Wildman–Crippen LogP) is 2.77. The molecule has 2 N–H and O–H groups in total. The van der Waals surface area contributed by atoms with E-state index in [0.717, 1.165) is 50.0 Å². The van der Waals surface area contributed by atoms with Crippen LogP contribution in [-0.4, -0.2) is 48.2 Å². The van der Waals surface area contributed by atoms with Gasteiger partial charge in [-0.25, -0.2) is 0 Å². The molecule has 0 aliphatic carbocycles. The third-order valence-electron chi connectivity index (χ3n) is 5.05. The zero-order valence-corrected chi connectivity index (χ0v) is 15.4. The second kappa shape index (κ2) is 8.97. The van der Waals surface area contributed by atoms with Gasteiger partial charge >= 0.3 is 0 Å². The molecule has 0 aromatic heterocycles. The number of piperidine rings is 1. The van der Waals surface area contributed by atoms with Gasteiger partial charge in [0, 0.05) is 31.7 Å². The van der Waals surface area contributed by atoms with Crippen LogP contribution in [0.25, 0.3) is 0 Å². The Morgan fingerprint density at radius 1 is 1.12 bits per heavy atom. The summed E-state index contributed by atoms with van der Waals surface area (Å²) in [6.07, 6.45) is 2.25. The normalized spacial score (nSPS) is 15.8. The SMILES string of the molecule is Cc1ccc(Cc2ccccc2C(=O)NCCN2CCC(O)CC2)cc1. The van der Waals surface area contributed by atoms with Gasteiger partial charge in [-0.1, -0.05) is 48.0 Å². The van der Waals surface area contributed by atoms with Gasteiger partial charge in [0.1, 0.15) is 0 Å². The maximum atomic E-state index is 12.6. The summed E-state index contributed by atoms with van der Waals surface area (Å²) in [5, 5.41) is 12.6. The number of benzene rings is 2. The number of rotatable bonds is 6. The van der Waals surface area contributed by atoms with Crippen molar-refractivity contribution in [1.29, 1.82) is 0 Å². The van der Waals surface area contributed by atoms with Crippen molar-refractivity contribution in [2.75, 3.05) is 26.2 Å². The fourth-order valence-corrected chi connectivity index (χ4v) is 3.39. The van der Waals surface area contributed by atoms with Crippen molar-refractivity contribution in [3.63, 3.8) is 0 Å². The molecule has 138 valence electrons. The van der Waals surface area contributed by atoms with E-state index in [9.17, 15) is 9.90 Å². The number of hydrogen-bond acceptors (Lipinski definition) is 3. The first-order valence-electron chi connectivity index (χ1n) is 9.44. The summed E-state index contributed by atoms with van der Waals surface area (Å²) >= 11 is 0. The molecule has 1 amide bonds. The molecule has 2 aromatic rings. The minimum absolute atomic E-state index is 0.00949. The zero-order valence-electron chi connectivity index (χ0n) is 15.4. The number of carbonyl (C=O) groups is 1. The number of hydrogen-bond donors (Lipinski definition) is 2. The Kier molecular flexibility index (Phi) is 6.42. The number of aliphatic hydroxyl groups excluding tert-OH is 1. The molecule has 1 heterocycles. The quantitative estimate of drug-likeness (QED) is 0.841. The summed E-state index contributed by atoms with van der Waals surface area (Å²) in [6, 6.07) is 16.3. The standard InChI is InChI=1S/C22H28N2O2/c1-17-6-8-18(9-7-17)16-19-4-2-3-5-21(19)22(26)23-12-15-24-13-10-20(25)11-14-24/h2-9,20,25H,10-16H2,1H3,(H,23,26). The molecule has 2 aromatic carbocycles. The molecule has 0 radical (unpaired) electrons. The average molecular weight is 352 g/mol. The molecular formula is C22H28N2O2. The van der Waals surface area contributed by atoms with Gasteiger partial charge in [0.15, 0.2) is 0 Å². The Hall–Kier alpha value is -2.17. The second-order valence-electron chi connectivity index (χ2n) is 7.15. The third kappa shape index (κ3) is 5.16. The number of carbonyl (C=O) groups excluding carboxylic acids is 1. The maximum Gasteiger partial charge on any atom is 0.251 e. The molecule has 0 atom stereocenters. The number of aliphatic hydroxyl groups is 1. The van der Waals surface area contributed by atoms with E-state index >= 15 is 0 Å². The van der Waals surface area contributed by atoms with Gasteiger partial charge in [0.05, 0.1) is 6.10 Å². The molecule has 1 fully saturated rings. The molecule has 4 heteroatoms. The lowest BCUT2D eigenvalue weighted by atomic mass is 9.98. The summed E-state index contributed by atoms with van der Waals surface area (Å²) in [5.41, 5.74) is 4.25. The monoisotopic (exact) mass is 352 g/mol. The Labute approximate surface area is 155 Å². The fourth-order valence-electron chi connectivity index (χ4n) is 3.39. The minimum Gasteiger partial charge on any atom is -0.393 e. The van der Waals surface area contributed by atoms with Crippen LogP contribution in [-0.2, 0) is 6.42 Å². The molecule has 0 unspecified atom stereocenters. The average Bonchev–Trinajstić information content (AvgIpc) is 2.65. The maximum absolute atomic E-state index is 12.6. The Bertz CT molecular complexity index is 719. The van der Waals surface area contributed by atoms with E-state index < -0.39 is 0 Å². The summed E-state index contributed by atoms with van der Waals surface area (Å²) in [5.74, 6) is -0.00949. The lowest BCUT2D eigenvalue weighted by Crippen LogP contribution is -2.40. The zero-order chi connectivity index (χ0) is 18.4. The first-order chi connectivity index (χ1) is 12.6. The van der Waals surface area contributed by atoms with Crippen LogP contribution >= 0.6 is 0 Å². The fraction of sp³-hybridized carbons (Fsp3) is 0.409. The topological polar surface area (TPSA) is 52.6 Å². The van der Waals surface area contributed by atoms with E-state index in [1.807, 2.05) is 24.3 Å². The van der Waals surface area contributed by atoms with Gasteiger partial charge in [0.25, 0.3) is 5.91 Å². The second-order valence-corrected chi connectivity index (χ2v) is 7.15. The highest BCUT2D eigenvalue weighted by Gasteiger charge is 2.17. The summed E-state index contributed by atoms with van der Waals surface area (Å²) in [4.78, 5) is 14.9. The van der Waals surface area contributed by atoms with Gasteiger partial charge in [0.2, 0.25) is 0 Å². The highest BCUT2D eigenvalue weighted by atomic mass is 16.3. The molecule has 1 saturated heterocycles. The molecule has 0 bridgehead atoms. The Morgan fingerprint density at radius 2 is 1.81 bits per heavy atom. The summed E-state index contributed by atoms with van der Waals surface area (Å²) < 4.78 is 0. The largest absolute Gasteiger partial charge is 0.393 e. The molecule has 4 nitrogen and oxygen atoms in total. The van der Waals surface area contributed by atoms with E-state index in [1.54, 1.807) is 0 Å². The number of nitrogens with one attached hydrogen (secondary N) is 1. The molecular weight excluding hydrogens is 324 g/mol. The van der Waals surface area contributed by atoms with E-state index in [4.69, 9.17) is 0 Å². The van der Waals surface area contributed by atoms with Crippen molar-refractivity contribution in [2.24, 2.45) is 0 Å². The Morgan fingerprint density at radius 3 is 2.54 bits per heavy atom. The highest BCUT2D eigenvalue weighted by Crippen LogP contribution is 2.15. The molecule has 0 saturated carbocycles. The van der Waals surface area contributed by atoms with Crippen LogP contribution in [0.15, 0.2) is 48.5 Å². The third-order valence-corrected chi connectivity index (χ3v) is 5.05. The van der Waals surface area contributed by atoms with E-state index in [2.05, 4.69) is 41.4 Å². The highest BCUT2D eigenvalue weighted by molar-refractivity contribution is 5.95. The van der Waals surface area contributed by atoms with Crippen molar-refractivity contribution in [3.8, 4) is 0 Å². The molecule has 3 rings (SSSR count). The van der Waals surface area contributed by atoms with E-state index in [-0.39, 0.29) is 12.0 Å². The van der Waals surface area contributed by atoms with Crippen LogP contribution in [0.1, 0.15) is 39.9 Å². The number of nitrogens with zero attached hydrogens (tertiary/aromatic N) is 1. The van der Waals surface area contributed by atoms with Gasteiger partial charge in [-0.3, -0.25) is 4.79 Å². The molecule has 1 aliphatic heterocycles. The van der Waals surface area contributed by atoms with Gasteiger partial charge in [-0.15, -0.1) is 0 Å². The number of amides is 1. The number of aryl methyl sites for hydroxylation is 1. The molecule has 26 heavy (non-hydrogen) atoms. The summed E-state index contributed by atoms with van der Waals surface area (Å²) in [6.45, 7) is 5.35. The lowest BCUT2D eigenvalue weighted by molar-refractivity contribution is 0.0804. The predicted molar refractivity (Wildman–Crippen MR) is 104 cm³/mol. The van der Waals surface area contributed by atoms with E-state index in [0.29, 0.717) is 6.54 Å². The first kappa shape index (κ1) is 18.6. The van der Waals surface area contributed by atoms with Gasteiger partial charge < -0.3 is 15.3 Å². The number of likely N-dealkylation sites (tertiary alicyclic amines) is 1. The van der Waals surface area contributed by atoms with Gasteiger partial charge in [-0.2, -0.15) is 0 Å². The Balaban J connectivity index is 1.56. The lowest BCUT2D eigenvalue weighted by Gasteiger charge is -2.29. The van der Waals surface area contributed by atoms with Crippen molar-refractivity contribution >= 4 is 5.91 Å². The first-order valence-corrected chi connectivity index (χ1v) is 9.44. The minimum atomic E-state index is -0.158. The van der Waals surface area contributed by atoms with Gasteiger partial charge in [-0.05, 0) is 43.4 Å². The molecule has 1 aliphatic rings. The van der Waals surface area contributed by atoms with Crippen LogP contribution < -0.4 is 5.32 Å². The van der Waals surface area contributed by atoms with Crippen molar-refractivity contribution in [2.45, 2.75) is 32.3 Å². The van der Waals surface area contributed by atoms with Crippen LogP contribution in [0.3, 0.4) is 0 Å². The van der Waals surface area contributed by atoms with Crippen LogP contribution in [0.2, 0.25) is 0 Å². The van der Waals surface area contributed by atoms with Crippen molar-refractivity contribution in [3.05, 3.63) is 70.8 Å². The van der Waals surface area contributed by atoms with Crippen LogP contribution in [0.4, 0.5) is 0 Å². The van der Waals surface area contributed by atoms with Crippen molar-refractivity contribution < 1.29 is 9.90 Å². The van der Waals surface area contributed by atoms with Crippen LogP contribution in [0, 0.1) is 6.92 Å². The van der Waals surface area contributed by atoms with Crippen molar-refractivity contribution in [1.82, 2.24) is 10.2 Å². The van der Waals surface area contributed by atoms with E-state index in [1.165, 1.54) is 11.1 Å². The molecule has 0 spiro atoms. The smallest absolute Gasteiger partial charge is 0.251 e.